The Morgan fingerprint density at radius 2 is 2.33 bits per heavy atom. The summed E-state index contributed by atoms with van der Waals surface area (Å²) in [7, 11) is 0. The lowest BCUT2D eigenvalue weighted by Gasteiger charge is -2.16. The molecule has 94 valence electrons. The van der Waals surface area contributed by atoms with Gasteiger partial charge in [-0.05, 0) is 30.5 Å². The number of carbonyl (C=O) groups is 1. The normalized spacial score (nSPS) is 19.6. The lowest BCUT2D eigenvalue weighted by Crippen LogP contribution is -2.28. The predicted molar refractivity (Wildman–Crippen MR) is 72.6 cm³/mol. The Bertz CT molecular complexity index is 573. The van der Waals surface area contributed by atoms with Crippen molar-refractivity contribution in [1.82, 2.24) is 9.88 Å². The van der Waals surface area contributed by atoms with Crippen LogP contribution in [0.15, 0.2) is 30.5 Å². The molecule has 1 aliphatic rings. The van der Waals surface area contributed by atoms with Gasteiger partial charge in [0.1, 0.15) is 0 Å². The summed E-state index contributed by atoms with van der Waals surface area (Å²) in [5.41, 5.74) is 1.86. The van der Waals surface area contributed by atoms with Gasteiger partial charge in [0, 0.05) is 35.8 Å². The second kappa shape index (κ2) is 4.48. The summed E-state index contributed by atoms with van der Waals surface area (Å²) in [5.74, 6) is 0.857. The number of aromatic amines is 1. The predicted octanol–water partition coefficient (Wildman–Crippen LogP) is 3.04. The summed E-state index contributed by atoms with van der Waals surface area (Å²) in [6, 6.07) is 7.86. The zero-order valence-electron chi connectivity index (χ0n) is 10.6. The summed E-state index contributed by atoms with van der Waals surface area (Å²) in [6.07, 6.45) is 4.20. The van der Waals surface area contributed by atoms with Crippen LogP contribution in [-0.2, 0) is 0 Å². The van der Waals surface area contributed by atoms with E-state index in [-0.39, 0.29) is 5.91 Å². The second-order valence-corrected chi connectivity index (χ2v) is 5.06. The van der Waals surface area contributed by atoms with Crippen molar-refractivity contribution < 1.29 is 4.79 Å². The molecular weight excluding hydrogens is 224 g/mol. The number of fused-ring (bicyclic) bond motifs is 1. The highest BCUT2D eigenvalue weighted by atomic mass is 16.2. The van der Waals surface area contributed by atoms with Gasteiger partial charge in [-0.1, -0.05) is 19.4 Å². The van der Waals surface area contributed by atoms with Gasteiger partial charge in [-0.15, -0.1) is 0 Å². The van der Waals surface area contributed by atoms with Crippen molar-refractivity contribution in [1.29, 1.82) is 0 Å². The molecule has 0 saturated carbocycles. The van der Waals surface area contributed by atoms with Crippen LogP contribution in [0.3, 0.4) is 0 Å². The van der Waals surface area contributed by atoms with Crippen molar-refractivity contribution in [2.75, 3.05) is 13.1 Å². The lowest BCUT2D eigenvalue weighted by atomic mass is 10.1. The first-order valence-corrected chi connectivity index (χ1v) is 6.65. The first-order valence-electron chi connectivity index (χ1n) is 6.65. The molecule has 1 aliphatic heterocycles. The zero-order valence-corrected chi connectivity index (χ0v) is 10.6. The van der Waals surface area contributed by atoms with Crippen LogP contribution < -0.4 is 0 Å². The van der Waals surface area contributed by atoms with Crippen molar-refractivity contribution in [3.8, 4) is 0 Å². The van der Waals surface area contributed by atoms with Crippen molar-refractivity contribution in [3.05, 3.63) is 36.0 Å². The van der Waals surface area contributed by atoms with E-state index in [1.807, 2.05) is 35.4 Å². The minimum absolute atomic E-state index is 0.177. The Labute approximate surface area is 107 Å². The van der Waals surface area contributed by atoms with E-state index in [4.69, 9.17) is 0 Å². The molecule has 0 radical (unpaired) electrons. The van der Waals surface area contributed by atoms with E-state index in [9.17, 15) is 4.79 Å². The second-order valence-electron chi connectivity index (χ2n) is 5.06. The fourth-order valence-electron chi connectivity index (χ4n) is 2.79. The maximum absolute atomic E-state index is 12.5. The fraction of sp³-hybridized carbons (Fsp3) is 0.400. The average Bonchev–Trinajstić information content (AvgIpc) is 3.05. The summed E-state index contributed by atoms with van der Waals surface area (Å²) in [6.45, 7) is 4.01. The molecule has 1 amide bonds. The van der Waals surface area contributed by atoms with Crippen molar-refractivity contribution in [2.24, 2.45) is 5.92 Å². The molecule has 1 atom stereocenters. The van der Waals surface area contributed by atoms with Gasteiger partial charge in [-0.25, -0.2) is 0 Å². The van der Waals surface area contributed by atoms with Gasteiger partial charge in [-0.2, -0.15) is 0 Å². The summed E-state index contributed by atoms with van der Waals surface area (Å²) >= 11 is 0. The number of likely N-dealkylation sites (tertiary alicyclic amines) is 1. The summed E-state index contributed by atoms with van der Waals surface area (Å²) in [4.78, 5) is 17.7. The fourth-order valence-corrected chi connectivity index (χ4v) is 2.79. The van der Waals surface area contributed by atoms with E-state index >= 15 is 0 Å². The molecule has 1 aromatic heterocycles. The molecule has 2 heterocycles. The van der Waals surface area contributed by atoms with Crippen LogP contribution in [0.1, 0.15) is 30.1 Å². The number of H-pyrrole nitrogens is 1. The lowest BCUT2D eigenvalue weighted by molar-refractivity contribution is 0.0789. The van der Waals surface area contributed by atoms with Crippen LogP contribution >= 0.6 is 0 Å². The summed E-state index contributed by atoms with van der Waals surface area (Å²) < 4.78 is 0. The van der Waals surface area contributed by atoms with E-state index in [0.29, 0.717) is 5.92 Å². The highest BCUT2D eigenvalue weighted by molar-refractivity contribution is 6.06. The van der Waals surface area contributed by atoms with E-state index in [0.717, 1.165) is 42.4 Å². The molecule has 1 N–H and O–H groups in total. The maximum Gasteiger partial charge on any atom is 0.254 e. The van der Waals surface area contributed by atoms with Gasteiger partial charge < -0.3 is 9.88 Å². The van der Waals surface area contributed by atoms with Crippen LogP contribution in [0.25, 0.3) is 10.9 Å². The number of nitrogens with zero attached hydrogens (tertiary/aromatic N) is 1. The van der Waals surface area contributed by atoms with E-state index in [1.54, 1.807) is 0 Å². The minimum Gasteiger partial charge on any atom is -0.361 e. The monoisotopic (exact) mass is 242 g/mol. The molecule has 18 heavy (non-hydrogen) atoms. The van der Waals surface area contributed by atoms with Gasteiger partial charge in [-0.3, -0.25) is 4.79 Å². The zero-order chi connectivity index (χ0) is 12.5. The van der Waals surface area contributed by atoms with Gasteiger partial charge >= 0.3 is 0 Å². The Hall–Kier alpha value is -1.77. The van der Waals surface area contributed by atoms with Crippen molar-refractivity contribution in [2.45, 2.75) is 19.8 Å². The third-order valence-corrected chi connectivity index (χ3v) is 3.98. The van der Waals surface area contributed by atoms with Crippen molar-refractivity contribution in [3.63, 3.8) is 0 Å². The third-order valence-electron chi connectivity index (χ3n) is 3.98. The molecule has 1 saturated heterocycles. The molecule has 0 aliphatic carbocycles. The van der Waals surface area contributed by atoms with Crippen LogP contribution in [-0.4, -0.2) is 28.9 Å². The van der Waals surface area contributed by atoms with Gasteiger partial charge in [0.25, 0.3) is 5.91 Å². The molecule has 3 rings (SSSR count). The molecule has 0 bridgehead atoms. The molecule has 3 nitrogen and oxygen atoms in total. The highest BCUT2D eigenvalue weighted by Gasteiger charge is 2.26. The number of rotatable bonds is 2. The first-order chi connectivity index (χ1) is 8.79. The van der Waals surface area contributed by atoms with Crippen LogP contribution in [0.5, 0.6) is 0 Å². The Morgan fingerprint density at radius 3 is 3.11 bits per heavy atom. The van der Waals surface area contributed by atoms with E-state index in [1.165, 1.54) is 0 Å². The first kappa shape index (κ1) is 11.3. The number of aromatic nitrogens is 1. The SMILES string of the molecule is CCC1CCN(C(=O)c2cccc3[nH]ccc23)C1. The number of nitrogens with one attached hydrogen (secondary N) is 1. The summed E-state index contributed by atoms with van der Waals surface area (Å²) in [5, 5.41) is 1.03. The Kier molecular flexibility index (Phi) is 2.82. The number of carbonyl (C=O) groups excluding carboxylic acids is 1. The molecule has 1 fully saturated rings. The van der Waals surface area contributed by atoms with Crippen molar-refractivity contribution >= 4 is 16.8 Å². The van der Waals surface area contributed by atoms with E-state index < -0.39 is 0 Å². The topological polar surface area (TPSA) is 36.1 Å². The number of amides is 1. The van der Waals surface area contributed by atoms with Crippen LogP contribution in [0.4, 0.5) is 0 Å². The molecule has 3 heteroatoms. The maximum atomic E-state index is 12.5. The number of benzene rings is 1. The molecule has 1 unspecified atom stereocenters. The van der Waals surface area contributed by atoms with Crippen LogP contribution in [0.2, 0.25) is 0 Å². The highest BCUT2D eigenvalue weighted by Crippen LogP contribution is 2.24. The minimum atomic E-state index is 0.177. The quantitative estimate of drug-likeness (QED) is 0.863. The average molecular weight is 242 g/mol. The number of hydrogen-bond donors (Lipinski definition) is 1. The van der Waals surface area contributed by atoms with E-state index in [2.05, 4.69) is 11.9 Å². The molecule has 2 aromatic rings. The molecule has 0 spiro atoms. The Morgan fingerprint density at radius 1 is 1.44 bits per heavy atom. The van der Waals surface area contributed by atoms with Gasteiger partial charge in [0.2, 0.25) is 0 Å². The molecular formula is C15H18N2O. The van der Waals surface area contributed by atoms with Gasteiger partial charge in [0.15, 0.2) is 0 Å². The standard InChI is InChI=1S/C15H18N2O/c1-2-11-7-9-17(10-11)15(18)13-4-3-5-14-12(13)6-8-16-14/h3-6,8,11,16H,2,7,9-10H2,1H3. The molecule has 1 aromatic carbocycles. The Balaban J connectivity index is 1.90. The van der Waals surface area contributed by atoms with Crippen LogP contribution in [0, 0.1) is 5.92 Å². The third kappa shape index (κ3) is 1.80. The van der Waals surface area contributed by atoms with Gasteiger partial charge in [0.05, 0.1) is 0 Å². The smallest absolute Gasteiger partial charge is 0.254 e. The largest absolute Gasteiger partial charge is 0.361 e. The number of hydrogen-bond acceptors (Lipinski definition) is 1.